The van der Waals surface area contributed by atoms with E-state index < -0.39 is 11.7 Å². The molecule has 110 valence electrons. The number of amides is 1. The number of nitrogens with one attached hydrogen (secondary N) is 1. The normalized spacial score (nSPS) is 18.8. The molecule has 1 aliphatic heterocycles. The Hall–Kier alpha value is -1.62. The van der Waals surface area contributed by atoms with E-state index in [-0.39, 0.29) is 11.0 Å². The maximum atomic E-state index is 13.6. The second-order valence-corrected chi connectivity index (χ2v) is 6.04. The van der Waals surface area contributed by atoms with Crippen molar-refractivity contribution in [1.29, 1.82) is 0 Å². The summed E-state index contributed by atoms with van der Waals surface area (Å²) >= 11 is 0. The highest BCUT2D eigenvalue weighted by molar-refractivity contribution is 5.95. The first-order chi connectivity index (χ1) is 9.39. The molecule has 1 aromatic rings. The van der Waals surface area contributed by atoms with Gasteiger partial charge in [0.2, 0.25) is 0 Å². The van der Waals surface area contributed by atoms with Crippen LogP contribution >= 0.6 is 0 Å². The van der Waals surface area contributed by atoms with Crippen LogP contribution in [0.4, 0.5) is 10.1 Å². The lowest BCUT2D eigenvalue weighted by atomic mass is 9.80. The van der Waals surface area contributed by atoms with Gasteiger partial charge in [-0.3, -0.25) is 4.79 Å². The zero-order valence-corrected chi connectivity index (χ0v) is 12.1. The number of rotatable bonds is 3. The number of piperidine rings is 1. The maximum Gasteiger partial charge on any atom is 0.254 e. The van der Waals surface area contributed by atoms with Crippen LogP contribution in [0.25, 0.3) is 0 Å². The number of carbonyl (C=O) groups excluding carboxylic acids is 1. The number of nitrogens with zero attached hydrogens (tertiary/aromatic N) is 1. The van der Waals surface area contributed by atoms with Crippen LogP contribution in [-0.2, 0) is 0 Å². The Labute approximate surface area is 119 Å². The largest absolute Gasteiger partial charge is 0.399 e. The fraction of sp³-hybridized carbons (Fsp3) is 0.533. The lowest BCUT2D eigenvalue weighted by molar-refractivity contribution is 0.0888. The summed E-state index contributed by atoms with van der Waals surface area (Å²) in [5.74, 6) is -0.930. The van der Waals surface area contributed by atoms with Gasteiger partial charge >= 0.3 is 0 Å². The van der Waals surface area contributed by atoms with E-state index in [0.29, 0.717) is 12.2 Å². The molecule has 0 spiro atoms. The van der Waals surface area contributed by atoms with Gasteiger partial charge in [-0.25, -0.2) is 4.39 Å². The minimum atomic E-state index is -0.537. The van der Waals surface area contributed by atoms with Crippen molar-refractivity contribution in [2.45, 2.75) is 19.8 Å². The Balaban J connectivity index is 1.97. The summed E-state index contributed by atoms with van der Waals surface area (Å²) in [4.78, 5) is 14.3. The summed E-state index contributed by atoms with van der Waals surface area (Å²) in [6.07, 6.45) is 2.06. The van der Waals surface area contributed by atoms with Crippen LogP contribution in [0.5, 0.6) is 0 Å². The minimum Gasteiger partial charge on any atom is -0.399 e. The van der Waals surface area contributed by atoms with E-state index in [1.165, 1.54) is 18.2 Å². The van der Waals surface area contributed by atoms with Gasteiger partial charge in [-0.15, -0.1) is 0 Å². The van der Waals surface area contributed by atoms with Gasteiger partial charge in [-0.05, 0) is 56.6 Å². The van der Waals surface area contributed by atoms with E-state index in [2.05, 4.69) is 24.2 Å². The first kappa shape index (κ1) is 14.8. The van der Waals surface area contributed by atoms with Crippen LogP contribution in [0, 0.1) is 11.2 Å². The molecule has 0 aliphatic carbocycles. The molecule has 4 nitrogen and oxygen atoms in total. The van der Waals surface area contributed by atoms with Gasteiger partial charge in [0, 0.05) is 12.2 Å². The molecule has 1 fully saturated rings. The summed E-state index contributed by atoms with van der Waals surface area (Å²) in [5.41, 5.74) is 6.08. The molecule has 3 N–H and O–H groups in total. The summed E-state index contributed by atoms with van der Waals surface area (Å²) in [5, 5.41) is 2.84. The average molecular weight is 279 g/mol. The highest BCUT2D eigenvalue weighted by Gasteiger charge is 2.29. The number of likely N-dealkylation sites (tertiary alicyclic amines) is 1. The van der Waals surface area contributed by atoms with E-state index in [1.54, 1.807) is 0 Å². The monoisotopic (exact) mass is 279 g/mol. The highest BCUT2D eigenvalue weighted by atomic mass is 19.1. The number of nitrogen functional groups attached to an aromatic ring is 1. The molecule has 0 saturated carbocycles. The summed E-state index contributed by atoms with van der Waals surface area (Å²) < 4.78 is 13.6. The Morgan fingerprint density at radius 1 is 1.45 bits per heavy atom. The number of carbonyl (C=O) groups is 1. The molecule has 1 heterocycles. The van der Waals surface area contributed by atoms with Crippen molar-refractivity contribution in [3.63, 3.8) is 0 Å². The molecule has 0 bridgehead atoms. The van der Waals surface area contributed by atoms with Crippen molar-refractivity contribution in [3.05, 3.63) is 29.6 Å². The molecule has 0 radical (unpaired) electrons. The van der Waals surface area contributed by atoms with Crippen molar-refractivity contribution >= 4 is 11.6 Å². The lowest BCUT2D eigenvalue weighted by Crippen LogP contribution is -2.43. The van der Waals surface area contributed by atoms with Gasteiger partial charge < -0.3 is 16.0 Å². The molecule has 5 heteroatoms. The Morgan fingerprint density at radius 2 is 2.10 bits per heavy atom. The number of hydrogen-bond acceptors (Lipinski definition) is 3. The fourth-order valence-corrected chi connectivity index (χ4v) is 2.44. The predicted octanol–water partition coefficient (Wildman–Crippen LogP) is 1.87. The third-order valence-corrected chi connectivity index (χ3v) is 4.10. The predicted molar refractivity (Wildman–Crippen MR) is 78.0 cm³/mol. The molecular weight excluding hydrogens is 257 g/mol. The SMILES string of the molecule is CN1CCC(C)(CNC(=O)c2cc(N)ccc2F)CC1. The summed E-state index contributed by atoms with van der Waals surface area (Å²) in [6.45, 7) is 4.78. The highest BCUT2D eigenvalue weighted by Crippen LogP contribution is 2.29. The average Bonchev–Trinajstić information content (AvgIpc) is 2.43. The Morgan fingerprint density at radius 3 is 2.75 bits per heavy atom. The van der Waals surface area contributed by atoms with Crippen LogP contribution < -0.4 is 11.1 Å². The fourth-order valence-electron chi connectivity index (χ4n) is 2.44. The molecule has 1 aromatic carbocycles. The molecule has 2 rings (SSSR count). The zero-order chi connectivity index (χ0) is 14.8. The second-order valence-electron chi connectivity index (χ2n) is 6.04. The second kappa shape index (κ2) is 5.79. The van der Waals surface area contributed by atoms with Crippen molar-refractivity contribution in [2.24, 2.45) is 5.41 Å². The van der Waals surface area contributed by atoms with E-state index in [4.69, 9.17) is 5.73 Å². The standard InChI is InChI=1S/C15H22FN3O/c1-15(5-7-19(2)8-6-15)10-18-14(20)12-9-11(17)3-4-13(12)16/h3-4,9H,5-8,10,17H2,1-2H3,(H,18,20). The number of anilines is 1. The maximum absolute atomic E-state index is 13.6. The van der Waals surface area contributed by atoms with Crippen molar-refractivity contribution < 1.29 is 9.18 Å². The van der Waals surface area contributed by atoms with Crippen LogP contribution in [0.1, 0.15) is 30.1 Å². The van der Waals surface area contributed by atoms with Crippen LogP contribution in [0.2, 0.25) is 0 Å². The van der Waals surface area contributed by atoms with Gasteiger partial charge in [0.1, 0.15) is 5.82 Å². The first-order valence-electron chi connectivity index (χ1n) is 6.91. The van der Waals surface area contributed by atoms with Gasteiger partial charge in [0.15, 0.2) is 0 Å². The third-order valence-electron chi connectivity index (χ3n) is 4.10. The lowest BCUT2D eigenvalue weighted by Gasteiger charge is -2.37. The molecule has 1 aliphatic rings. The van der Waals surface area contributed by atoms with E-state index in [0.717, 1.165) is 25.9 Å². The van der Waals surface area contributed by atoms with Gasteiger partial charge in [-0.2, -0.15) is 0 Å². The van der Waals surface area contributed by atoms with Gasteiger partial charge in [0.05, 0.1) is 5.56 Å². The smallest absolute Gasteiger partial charge is 0.254 e. The van der Waals surface area contributed by atoms with Crippen molar-refractivity contribution in [1.82, 2.24) is 10.2 Å². The molecule has 1 saturated heterocycles. The number of nitrogens with two attached hydrogens (primary N) is 1. The number of hydrogen-bond donors (Lipinski definition) is 2. The van der Waals surface area contributed by atoms with Crippen molar-refractivity contribution in [3.8, 4) is 0 Å². The Kier molecular flexibility index (Phi) is 4.28. The van der Waals surface area contributed by atoms with E-state index in [9.17, 15) is 9.18 Å². The quantitative estimate of drug-likeness (QED) is 0.830. The molecular formula is C15H22FN3O. The molecule has 20 heavy (non-hydrogen) atoms. The minimum absolute atomic E-state index is 0.0153. The van der Waals surface area contributed by atoms with Crippen LogP contribution in [0.3, 0.4) is 0 Å². The van der Waals surface area contributed by atoms with Gasteiger partial charge in [0.25, 0.3) is 5.91 Å². The van der Waals surface area contributed by atoms with E-state index in [1.807, 2.05) is 0 Å². The zero-order valence-electron chi connectivity index (χ0n) is 12.1. The molecule has 1 amide bonds. The molecule has 0 unspecified atom stereocenters. The Bertz CT molecular complexity index is 496. The van der Waals surface area contributed by atoms with Crippen LogP contribution in [-0.4, -0.2) is 37.5 Å². The van der Waals surface area contributed by atoms with Crippen LogP contribution in [0.15, 0.2) is 18.2 Å². The van der Waals surface area contributed by atoms with Gasteiger partial charge in [-0.1, -0.05) is 6.92 Å². The summed E-state index contributed by atoms with van der Waals surface area (Å²) in [6, 6.07) is 4.05. The molecule has 0 aromatic heterocycles. The first-order valence-corrected chi connectivity index (χ1v) is 6.91. The van der Waals surface area contributed by atoms with Crippen molar-refractivity contribution in [2.75, 3.05) is 32.4 Å². The third kappa shape index (κ3) is 3.48. The number of halogens is 1. The number of benzene rings is 1. The summed E-state index contributed by atoms with van der Waals surface area (Å²) in [7, 11) is 2.10. The topological polar surface area (TPSA) is 58.4 Å². The molecule has 0 atom stereocenters. The van der Waals surface area contributed by atoms with E-state index >= 15 is 0 Å².